The zero-order valence-electron chi connectivity index (χ0n) is 8.60. The van der Waals surface area contributed by atoms with Gasteiger partial charge in [-0.05, 0) is 12.1 Å². The second-order valence-electron chi connectivity index (χ2n) is 3.36. The molecule has 0 spiro atoms. The Morgan fingerprint density at radius 2 is 1.88 bits per heavy atom. The van der Waals surface area contributed by atoms with Gasteiger partial charge in [0.15, 0.2) is 0 Å². The van der Waals surface area contributed by atoms with Crippen molar-refractivity contribution in [3.8, 4) is 5.75 Å². The molecule has 1 atom stereocenters. The lowest BCUT2D eigenvalue weighted by molar-refractivity contribution is -0.178. The average molecular weight is 288 g/mol. The lowest BCUT2D eigenvalue weighted by Gasteiger charge is -2.18. The van der Waals surface area contributed by atoms with Crippen LogP contribution in [0.2, 0.25) is 10.0 Å². The van der Waals surface area contributed by atoms with Crippen LogP contribution in [0.25, 0.3) is 0 Å². The molecule has 1 rings (SSSR count). The van der Waals surface area contributed by atoms with Crippen LogP contribution in [0, 0.1) is 5.92 Å². The first-order valence-electron chi connectivity index (χ1n) is 4.69. The molecule has 1 unspecified atom stereocenters. The second kappa shape index (κ2) is 5.80. The maximum atomic E-state index is 12.4. The number of benzene rings is 1. The summed E-state index contributed by atoms with van der Waals surface area (Å²) in [5.41, 5.74) is 5.03. The van der Waals surface area contributed by atoms with E-state index in [-0.39, 0.29) is 10.8 Å². The Balaban J connectivity index is 2.63. The molecule has 0 radical (unpaired) electrons. The second-order valence-corrected chi connectivity index (χ2v) is 4.18. The highest BCUT2D eigenvalue weighted by molar-refractivity contribution is 6.42. The third-order valence-corrected chi connectivity index (χ3v) is 2.83. The van der Waals surface area contributed by atoms with E-state index in [0.717, 1.165) is 0 Å². The first-order valence-corrected chi connectivity index (χ1v) is 5.45. The Hall–Kier alpha value is -0.650. The van der Waals surface area contributed by atoms with E-state index in [0.29, 0.717) is 5.02 Å². The van der Waals surface area contributed by atoms with Gasteiger partial charge in [0.1, 0.15) is 18.3 Å². The standard InChI is InChI=1S/C10H10Cl2F3NO/c11-8-2-1-7(3-9(8)12)17-5-6(4-16)10(13,14)15/h1-3,6H,4-5,16H2. The predicted octanol–water partition coefficient (Wildman–Crippen LogP) is 3.51. The summed E-state index contributed by atoms with van der Waals surface area (Å²) in [7, 11) is 0. The minimum Gasteiger partial charge on any atom is -0.493 e. The first-order chi connectivity index (χ1) is 7.84. The number of alkyl halides is 3. The zero-order chi connectivity index (χ0) is 13.1. The third kappa shape index (κ3) is 4.26. The normalized spacial score (nSPS) is 13.5. The van der Waals surface area contributed by atoms with E-state index in [1.165, 1.54) is 18.2 Å². The van der Waals surface area contributed by atoms with E-state index >= 15 is 0 Å². The van der Waals surface area contributed by atoms with E-state index in [2.05, 4.69) is 0 Å². The van der Waals surface area contributed by atoms with Crippen LogP contribution in [-0.2, 0) is 0 Å². The minimum atomic E-state index is -4.37. The zero-order valence-corrected chi connectivity index (χ0v) is 10.1. The monoisotopic (exact) mass is 287 g/mol. The van der Waals surface area contributed by atoms with Gasteiger partial charge in [0.2, 0.25) is 0 Å². The molecule has 0 bridgehead atoms. The lowest BCUT2D eigenvalue weighted by Crippen LogP contribution is -2.35. The van der Waals surface area contributed by atoms with Crippen LogP contribution in [0.4, 0.5) is 13.2 Å². The summed E-state index contributed by atoms with van der Waals surface area (Å²) in [6, 6.07) is 4.25. The molecule has 2 nitrogen and oxygen atoms in total. The molecule has 1 aromatic rings. The molecule has 17 heavy (non-hydrogen) atoms. The number of hydrogen-bond acceptors (Lipinski definition) is 2. The molecule has 96 valence electrons. The molecule has 0 aliphatic rings. The number of rotatable bonds is 4. The van der Waals surface area contributed by atoms with Crippen molar-refractivity contribution in [3.63, 3.8) is 0 Å². The van der Waals surface area contributed by atoms with Crippen LogP contribution in [0.15, 0.2) is 18.2 Å². The molecule has 0 aromatic heterocycles. The van der Waals surface area contributed by atoms with Gasteiger partial charge in [-0.3, -0.25) is 0 Å². The predicted molar refractivity (Wildman–Crippen MR) is 60.6 cm³/mol. The molecule has 2 N–H and O–H groups in total. The maximum absolute atomic E-state index is 12.4. The van der Waals surface area contributed by atoms with Gasteiger partial charge in [-0.25, -0.2) is 0 Å². The van der Waals surface area contributed by atoms with Crippen molar-refractivity contribution >= 4 is 23.2 Å². The van der Waals surface area contributed by atoms with E-state index in [9.17, 15) is 13.2 Å². The molecule has 0 aliphatic carbocycles. The molecule has 0 saturated heterocycles. The van der Waals surface area contributed by atoms with Gasteiger partial charge in [0.25, 0.3) is 0 Å². The highest BCUT2D eigenvalue weighted by Gasteiger charge is 2.39. The van der Waals surface area contributed by atoms with Crippen LogP contribution in [0.5, 0.6) is 5.75 Å². The van der Waals surface area contributed by atoms with E-state index in [1.807, 2.05) is 0 Å². The van der Waals surface area contributed by atoms with Crippen LogP contribution in [0.1, 0.15) is 0 Å². The highest BCUT2D eigenvalue weighted by atomic mass is 35.5. The first kappa shape index (κ1) is 14.4. The van der Waals surface area contributed by atoms with Gasteiger partial charge >= 0.3 is 6.18 Å². The Bertz CT molecular complexity index is 384. The van der Waals surface area contributed by atoms with Gasteiger partial charge in [-0.1, -0.05) is 23.2 Å². The Kier molecular flexibility index (Phi) is 4.91. The quantitative estimate of drug-likeness (QED) is 0.920. The van der Waals surface area contributed by atoms with E-state index in [4.69, 9.17) is 33.7 Å². The lowest BCUT2D eigenvalue weighted by atomic mass is 10.1. The summed E-state index contributed by atoms with van der Waals surface area (Å²) in [5, 5.41) is 0.533. The summed E-state index contributed by atoms with van der Waals surface area (Å²) in [6.45, 7) is -1.07. The van der Waals surface area contributed by atoms with Crippen molar-refractivity contribution < 1.29 is 17.9 Å². The van der Waals surface area contributed by atoms with Crippen LogP contribution < -0.4 is 10.5 Å². The molecule has 0 aliphatic heterocycles. The molecule has 0 fully saturated rings. The van der Waals surface area contributed by atoms with Crippen molar-refractivity contribution in [2.45, 2.75) is 6.18 Å². The molecule has 0 saturated carbocycles. The molecule has 7 heteroatoms. The SMILES string of the molecule is NCC(COc1ccc(Cl)c(Cl)c1)C(F)(F)F. The van der Waals surface area contributed by atoms with Gasteiger partial charge < -0.3 is 10.5 Å². The molecule has 0 amide bonds. The van der Waals surface area contributed by atoms with Crippen molar-refractivity contribution in [1.82, 2.24) is 0 Å². The maximum Gasteiger partial charge on any atom is 0.396 e. The number of ether oxygens (including phenoxy) is 1. The van der Waals surface area contributed by atoms with Gasteiger partial charge in [-0.15, -0.1) is 0 Å². The highest BCUT2D eigenvalue weighted by Crippen LogP contribution is 2.29. The summed E-state index contributed by atoms with van der Waals surface area (Å²) in [4.78, 5) is 0. The largest absolute Gasteiger partial charge is 0.493 e. The summed E-state index contributed by atoms with van der Waals surface area (Å²) >= 11 is 11.3. The van der Waals surface area contributed by atoms with Crippen molar-refractivity contribution in [1.29, 1.82) is 0 Å². The van der Waals surface area contributed by atoms with Gasteiger partial charge in [0, 0.05) is 12.6 Å². The average Bonchev–Trinajstić information content (AvgIpc) is 2.22. The van der Waals surface area contributed by atoms with Gasteiger partial charge in [-0.2, -0.15) is 13.2 Å². The number of halogens is 5. The molecular weight excluding hydrogens is 278 g/mol. The van der Waals surface area contributed by atoms with Crippen LogP contribution in [-0.4, -0.2) is 19.3 Å². The fourth-order valence-electron chi connectivity index (χ4n) is 1.06. The summed E-state index contributed by atoms with van der Waals surface area (Å²) < 4.78 is 42.1. The minimum absolute atomic E-state index is 0.223. The third-order valence-electron chi connectivity index (χ3n) is 2.09. The van der Waals surface area contributed by atoms with E-state index < -0.39 is 25.2 Å². The molecular formula is C10H10Cl2F3NO. The van der Waals surface area contributed by atoms with Gasteiger partial charge in [0.05, 0.1) is 10.0 Å². The summed E-state index contributed by atoms with van der Waals surface area (Å²) in [6.07, 6.45) is -4.37. The van der Waals surface area contributed by atoms with E-state index in [1.54, 1.807) is 0 Å². The topological polar surface area (TPSA) is 35.2 Å². The van der Waals surface area contributed by atoms with Crippen molar-refractivity contribution in [2.75, 3.05) is 13.2 Å². The van der Waals surface area contributed by atoms with Crippen LogP contribution >= 0.6 is 23.2 Å². The Morgan fingerprint density at radius 3 is 2.35 bits per heavy atom. The van der Waals surface area contributed by atoms with Crippen molar-refractivity contribution in [3.05, 3.63) is 28.2 Å². The fourth-order valence-corrected chi connectivity index (χ4v) is 1.35. The molecule has 1 aromatic carbocycles. The smallest absolute Gasteiger partial charge is 0.396 e. The fraction of sp³-hybridized carbons (Fsp3) is 0.400. The Labute approximate surface area is 106 Å². The number of hydrogen-bond donors (Lipinski definition) is 1. The molecule has 0 heterocycles. The van der Waals surface area contributed by atoms with Crippen LogP contribution in [0.3, 0.4) is 0 Å². The Morgan fingerprint density at radius 1 is 1.24 bits per heavy atom. The summed E-state index contributed by atoms with van der Waals surface area (Å²) in [5.74, 6) is -1.47. The number of nitrogens with two attached hydrogens (primary N) is 1. The van der Waals surface area contributed by atoms with Crippen molar-refractivity contribution in [2.24, 2.45) is 11.7 Å².